The van der Waals surface area contributed by atoms with Crippen molar-refractivity contribution in [3.63, 3.8) is 0 Å². The molecule has 0 saturated heterocycles. The van der Waals surface area contributed by atoms with Crippen molar-refractivity contribution >= 4 is 7.82 Å². The Kier molecular flexibility index (Phi) is 7.26. The minimum atomic E-state index is -3.88. The summed E-state index contributed by atoms with van der Waals surface area (Å²) < 4.78 is 30.4. The molecule has 0 bridgehead atoms. The highest BCUT2D eigenvalue weighted by molar-refractivity contribution is 7.49. The van der Waals surface area contributed by atoms with Crippen LogP contribution in [0, 0.1) is 0 Å². The van der Waals surface area contributed by atoms with E-state index in [1.807, 2.05) is 32.1 Å². The van der Waals surface area contributed by atoms with Gasteiger partial charge in [-0.05, 0) is 51.0 Å². The van der Waals surface area contributed by atoms with Crippen LogP contribution in [0.2, 0.25) is 0 Å². The number of nitrogens with one attached hydrogen (secondary N) is 1. The lowest BCUT2D eigenvalue weighted by molar-refractivity contribution is -0.00164. The molecule has 0 radical (unpaired) electrons. The van der Waals surface area contributed by atoms with Gasteiger partial charge in [0.25, 0.3) is 0 Å². The van der Waals surface area contributed by atoms with Gasteiger partial charge in [0.15, 0.2) is 0 Å². The van der Waals surface area contributed by atoms with E-state index in [0.29, 0.717) is 24.5 Å². The Morgan fingerprint density at radius 3 is 2.56 bits per heavy atom. The van der Waals surface area contributed by atoms with E-state index in [9.17, 15) is 4.57 Å². The van der Waals surface area contributed by atoms with E-state index in [-0.39, 0.29) is 0 Å². The van der Waals surface area contributed by atoms with Gasteiger partial charge in [-0.3, -0.25) is 4.52 Å². The van der Waals surface area contributed by atoms with Gasteiger partial charge >= 0.3 is 7.82 Å². The summed E-state index contributed by atoms with van der Waals surface area (Å²) in [6.07, 6.45) is 7.90. The summed E-state index contributed by atoms with van der Waals surface area (Å²) in [5.74, 6) is 0.918. The van der Waals surface area contributed by atoms with Crippen LogP contribution in [0.1, 0.15) is 33.1 Å². The molecule has 2 rings (SSSR count). The average molecular weight is 367 g/mol. The van der Waals surface area contributed by atoms with E-state index < -0.39 is 13.4 Å². The van der Waals surface area contributed by atoms with E-state index in [4.69, 9.17) is 18.4 Å². The van der Waals surface area contributed by atoms with Crippen molar-refractivity contribution in [3.05, 3.63) is 54.3 Å². The minimum Gasteiger partial charge on any atom is -0.395 e. The van der Waals surface area contributed by atoms with Gasteiger partial charge in [0.2, 0.25) is 0 Å². The van der Waals surface area contributed by atoms with Crippen LogP contribution in [0.25, 0.3) is 0 Å². The van der Waals surface area contributed by atoms with Gasteiger partial charge in [0.1, 0.15) is 11.5 Å². The first-order valence-electron chi connectivity index (χ1n) is 8.33. The smallest absolute Gasteiger partial charge is 0.395 e. The van der Waals surface area contributed by atoms with Crippen molar-refractivity contribution in [3.8, 4) is 5.75 Å². The second-order valence-electron chi connectivity index (χ2n) is 6.18. The highest BCUT2D eigenvalue weighted by Gasteiger charge is 2.38. The molecule has 1 N–H and O–H groups in total. The highest BCUT2D eigenvalue weighted by Crippen LogP contribution is 2.55. The van der Waals surface area contributed by atoms with Crippen LogP contribution in [-0.4, -0.2) is 19.3 Å². The van der Waals surface area contributed by atoms with Crippen LogP contribution in [0.4, 0.5) is 0 Å². The molecule has 1 aromatic carbocycles. The van der Waals surface area contributed by atoms with Crippen molar-refractivity contribution < 1.29 is 23.0 Å². The Morgan fingerprint density at radius 1 is 1.16 bits per heavy atom. The zero-order chi connectivity index (χ0) is 18.2. The molecule has 0 aliphatic heterocycles. The van der Waals surface area contributed by atoms with E-state index in [0.717, 1.165) is 12.8 Å². The predicted molar refractivity (Wildman–Crippen MR) is 97.0 cm³/mol. The Morgan fingerprint density at radius 2 is 1.92 bits per heavy atom. The summed E-state index contributed by atoms with van der Waals surface area (Å²) in [5, 5.41) is 0. The van der Waals surface area contributed by atoms with Crippen molar-refractivity contribution in [2.45, 2.75) is 38.7 Å². The molecule has 25 heavy (non-hydrogen) atoms. The summed E-state index contributed by atoms with van der Waals surface area (Å²) >= 11 is 0. The molecule has 0 heterocycles. The third-order valence-corrected chi connectivity index (χ3v) is 5.03. The van der Waals surface area contributed by atoms with E-state index in [1.54, 1.807) is 37.4 Å². The first-order chi connectivity index (χ1) is 11.9. The van der Waals surface area contributed by atoms with Crippen molar-refractivity contribution in [1.82, 2.24) is 5.48 Å². The summed E-state index contributed by atoms with van der Waals surface area (Å²) in [4.78, 5) is 5.13. The molecule has 0 fully saturated rings. The number of phosphoric acid groups is 1. The van der Waals surface area contributed by atoms with Gasteiger partial charge in [-0.1, -0.05) is 24.3 Å². The fourth-order valence-electron chi connectivity index (χ4n) is 2.20. The standard InChI is InChI=1S/C18H26NO5P/c1-18(2,14-15-21-19-3)24-25(20,22-16-10-6-4-7-11-16)23-17-12-8-5-9-13-17/h4,6-8,10-13,19H,5,9,14-15H2,1-3H3. The second kappa shape index (κ2) is 9.20. The quantitative estimate of drug-likeness (QED) is 0.365. The van der Waals surface area contributed by atoms with Crippen LogP contribution in [0.3, 0.4) is 0 Å². The molecule has 1 atom stereocenters. The van der Waals surface area contributed by atoms with Crippen molar-refractivity contribution in [2.75, 3.05) is 13.7 Å². The summed E-state index contributed by atoms with van der Waals surface area (Å²) in [5.41, 5.74) is 1.84. The molecular formula is C18H26NO5P. The number of para-hydroxylation sites is 1. The van der Waals surface area contributed by atoms with E-state index in [2.05, 4.69) is 5.48 Å². The van der Waals surface area contributed by atoms with E-state index >= 15 is 0 Å². The van der Waals surface area contributed by atoms with Gasteiger partial charge < -0.3 is 13.9 Å². The Hall–Kier alpha value is -1.59. The van der Waals surface area contributed by atoms with Gasteiger partial charge in [0, 0.05) is 13.5 Å². The zero-order valence-corrected chi connectivity index (χ0v) is 15.8. The van der Waals surface area contributed by atoms with Crippen LogP contribution in [0.5, 0.6) is 5.75 Å². The van der Waals surface area contributed by atoms with Crippen molar-refractivity contribution in [2.24, 2.45) is 0 Å². The van der Waals surface area contributed by atoms with Crippen LogP contribution < -0.4 is 10.0 Å². The third-order valence-electron chi connectivity index (χ3n) is 3.45. The number of allylic oxidation sites excluding steroid dienone is 3. The minimum absolute atomic E-state index is 0.400. The molecule has 1 unspecified atom stereocenters. The largest absolute Gasteiger partial charge is 0.588 e. The number of phosphoric ester groups is 1. The summed E-state index contributed by atoms with van der Waals surface area (Å²) in [6, 6.07) is 8.87. The van der Waals surface area contributed by atoms with Gasteiger partial charge in [-0.2, -0.15) is 0 Å². The Bertz CT molecular complexity index is 642. The molecule has 7 heteroatoms. The second-order valence-corrected chi connectivity index (χ2v) is 7.62. The predicted octanol–water partition coefficient (Wildman–Crippen LogP) is 4.76. The lowest BCUT2D eigenvalue weighted by Crippen LogP contribution is -2.27. The van der Waals surface area contributed by atoms with Crippen molar-refractivity contribution in [1.29, 1.82) is 0 Å². The molecule has 6 nitrogen and oxygen atoms in total. The summed E-state index contributed by atoms with van der Waals surface area (Å²) in [6.45, 7) is 4.04. The monoisotopic (exact) mass is 367 g/mol. The maximum Gasteiger partial charge on any atom is 0.588 e. The molecule has 1 aromatic rings. The number of rotatable bonds is 10. The van der Waals surface area contributed by atoms with E-state index in [1.165, 1.54) is 0 Å². The maximum absolute atomic E-state index is 13.3. The van der Waals surface area contributed by atoms with Crippen LogP contribution in [-0.2, 0) is 18.5 Å². The lowest BCUT2D eigenvalue weighted by atomic mass is 10.1. The van der Waals surface area contributed by atoms with Gasteiger partial charge in [-0.15, -0.1) is 0 Å². The van der Waals surface area contributed by atoms with Gasteiger partial charge in [-0.25, -0.2) is 10.0 Å². The average Bonchev–Trinajstić information content (AvgIpc) is 2.55. The lowest BCUT2D eigenvalue weighted by Gasteiger charge is -2.29. The van der Waals surface area contributed by atoms with Gasteiger partial charge in [0.05, 0.1) is 12.2 Å². The fourth-order valence-corrected chi connectivity index (χ4v) is 3.78. The first-order valence-corrected chi connectivity index (χ1v) is 9.79. The number of hydrogen-bond donors (Lipinski definition) is 1. The van der Waals surface area contributed by atoms with Crippen LogP contribution in [0.15, 0.2) is 54.3 Å². The SMILES string of the molecule is CNOCCC(C)(C)OP(=O)(OC1=CCCC=C1)Oc1ccccc1. The molecular weight excluding hydrogens is 341 g/mol. The fraction of sp³-hybridized carbons (Fsp3) is 0.444. The zero-order valence-electron chi connectivity index (χ0n) is 14.9. The highest BCUT2D eigenvalue weighted by atomic mass is 31.2. The molecule has 0 saturated carbocycles. The number of hydrogen-bond acceptors (Lipinski definition) is 6. The molecule has 1 aliphatic rings. The third kappa shape index (κ3) is 7.04. The van der Waals surface area contributed by atoms with Crippen LogP contribution >= 0.6 is 7.82 Å². The normalized spacial score (nSPS) is 16.8. The Labute approximate surface area is 149 Å². The molecule has 1 aliphatic carbocycles. The molecule has 0 aromatic heterocycles. The first kappa shape index (κ1) is 19.7. The summed E-state index contributed by atoms with van der Waals surface area (Å²) in [7, 11) is -2.19. The Balaban J connectivity index is 2.14. The maximum atomic E-state index is 13.3. The number of hydroxylamine groups is 1. The number of benzene rings is 1. The molecule has 0 spiro atoms. The molecule has 138 valence electrons. The molecule has 0 amide bonds. The topological polar surface area (TPSA) is 66.0 Å².